The average Bonchev–Trinajstić information content (AvgIpc) is 3.34. The van der Waals surface area contributed by atoms with Crippen LogP contribution in [0.2, 0.25) is 0 Å². The molecule has 5 rings (SSSR count). The van der Waals surface area contributed by atoms with Crippen molar-refractivity contribution in [3.05, 3.63) is 59.7 Å². The van der Waals surface area contributed by atoms with Crippen molar-refractivity contribution in [3.8, 4) is 11.5 Å². The third-order valence-electron chi connectivity index (χ3n) is 8.47. The molecule has 2 aliphatic carbocycles. The maximum atomic E-state index is 6.13. The van der Waals surface area contributed by atoms with Gasteiger partial charge in [-0.25, -0.2) is 0 Å². The molecule has 0 atom stereocenters. The van der Waals surface area contributed by atoms with Gasteiger partial charge < -0.3 is 15.2 Å². The Balaban J connectivity index is 1.17. The van der Waals surface area contributed by atoms with Gasteiger partial charge in [0.2, 0.25) is 6.79 Å². The Morgan fingerprint density at radius 3 is 2.24 bits per heavy atom. The summed E-state index contributed by atoms with van der Waals surface area (Å²) >= 11 is 0. The van der Waals surface area contributed by atoms with E-state index in [1.54, 1.807) is 0 Å². The Kier molecular flexibility index (Phi) is 8.08. The lowest BCUT2D eigenvalue weighted by molar-refractivity contribution is 0.116. The number of nitrogens with two attached hydrogens (primary N) is 1. The molecule has 2 aromatic carbocycles. The third kappa shape index (κ3) is 6.34. The maximum absolute atomic E-state index is 6.13. The van der Waals surface area contributed by atoms with E-state index in [1.165, 1.54) is 75.3 Å². The summed E-state index contributed by atoms with van der Waals surface area (Å²) in [5.74, 6) is 3.63. The van der Waals surface area contributed by atoms with Crippen LogP contribution < -0.4 is 15.2 Å². The van der Waals surface area contributed by atoms with Gasteiger partial charge in [0.15, 0.2) is 11.5 Å². The van der Waals surface area contributed by atoms with E-state index in [0.717, 1.165) is 42.8 Å². The molecule has 2 fully saturated rings. The van der Waals surface area contributed by atoms with Gasteiger partial charge in [0.25, 0.3) is 0 Å². The maximum Gasteiger partial charge on any atom is 0.231 e. The minimum Gasteiger partial charge on any atom is -0.454 e. The van der Waals surface area contributed by atoms with Gasteiger partial charge >= 0.3 is 0 Å². The van der Waals surface area contributed by atoms with Gasteiger partial charge in [0.1, 0.15) is 0 Å². The second-order valence-electron chi connectivity index (χ2n) is 10.9. The van der Waals surface area contributed by atoms with Crippen LogP contribution in [0.25, 0.3) is 0 Å². The fourth-order valence-electron chi connectivity index (χ4n) is 6.44. The summed E-state index contributed by atoms with van der Waals surface area (Å²) in [4.78, 5) is 2.76. The Hall–Kier alpha value is -2.04. The van der Waals surface area contributed by atoms with E-state index in [0.29, 0.717) is 18.9 Å². The summed E-state index contributed by atoms with van der Waals surface area (Å²) < 4.78 is 11.2. The van der Waals surface area contributed by atoms with E-state index >= 15 is 0 Å². The average molecular weight is 463 g/mol. The highest BCUT2D eigenvalue weighted by atomic mass is 16.7. The summed E-state index contributed by atoms with van der Waals surface area (Å²) in [6.07, 6.45) is 14.5. The van der Waals surface area contributed by atoms with Gasteiger partial charge in [-0.05, 0) is 112 Å². The zero-order valence-electron chi connectivity index (χ0n) is 20.7. The molecule has 0 spiro atoms. The molecule has 0 unspecified atom stereocenters. The highest BCUT2D eigenvalue weighted by molar-refractivity contribution is 5.44. The van der Waals surface area contributed by atoms with Crippen LogP contribution in [0.4, 0.5) is 0 Å². The standard InChI is InChI=1S/C30H42N2O2/c31-27-13-8-24(9-14-27)19-25-10-15-28(16-11-25)32(18-4-7-23-5-2-1-3-6-23)21-26-12-17-29-30(20-26)34-22-33-29/h1-3,5-6,12,17,20,24-25,27-28H,4,7-11,13-16,18-19,21-22,31H2. The van der Waals surface area contributed by atoms with Crippen molar-refractivity contribution in [3.63, 3.8) is 0 Å². The summed E-state index contributed by atoms with van der Waals surface area (Å²) in [5.41, 5.74) is 8.91. The highest BCUT2D eigenvalue weighted by Gasteiger charge is 2.29. The lowest BCUT2D eigenvalue weighted by atomic mass is 9.75. The molecule has 4 nitrogen and oxygen atoms in total. The van der Waals surface area contributed by atoms with Crippen molar-refractivity contribution in [2.45, 2.75) is 89.3 Å². The Morgan fingerprint density at radius 2 is 1.47 bits per heavy atom. The largest absolute Gasteiger partial charge is 0.454 e. The van der Waals surface area contributed by atoms with E-state index in [4.69, 9.17) is 15.2 Å². The van der Waals surface area contributed by atoms with E-state index in [-0.39, 0.29) is 0 Å². The summed E-state index contributed by atoms with van der Waals surface area (Å²) in [6.45, 7) is 2.50. The molecule has 0 amide bonds. The number of nitrogens with zero attached hydrogens (tertiary/aromatic N) is 1. The van der Waals surface area contributed by atoms with Crippen molar-refractivity contribution in [1.82, 2.24) is 4.90 Å². The van der Waals surface area contributed by atoms with Crippen molar-refractivity contribution < 1.29 is 9.47 Å². The molecule has 3 aliphatic rings. The first-order valence-electron chi connectivity index (χ1n) is 13.6. The second-order valence-corrected chi connectivity index (χ2v) is 10.9. The Bertz CT molecular complexity index is 886. The monoisotopic (exact) mass is 462 g/mol. The minimum atomic E-state index is 0.344. The molecule has 1 heterocycles. The van der Waals surface area contributed by atoms with Gasteiger partial charge in [-0.2, -0.15) is 0 Å². The van der Waals surface area contributed by atoms with Crippen LogP contribution in [0.3, 0.4) is 0 Å². The normalized spacial score (nSPS) is 26.6. The predicted octanol–water partition coefficient (Wildman–Crippen LogP) is 6.32. The molecule has 4 heteroatoms. The van der Waals surface area contributed by atoms with Gasteiger partial charge in [-0.3, -0.25) is 4.90 Å². The van der Waals surface area contributed by atoms with Crippen molar-refractivity contribution in [2.75, 3.05) is 13.3 Å². The number of ether oxygens (including phenoxy) is 2. The van der Waals surface area contributed by atoms with Crippen molar-refractivity contribution in [2.24, 2.45) is 17.6 Å². The SMILES string of the molecule is NC1CCC(CC2CCC(N(CCCc3ccccc3)Cc3ccc4c(c3)OCO4)CC2)CC1. The molecular weight excluding hydrogens is 420 g/mol. The smallest absolute Gasteiger partial charge is 0.231 e. The number of fused-ring (bicyclic) bond motifs is 1. The van der Waals surface area contributed by atoms with Crippen LogP contribution in [0.1, 0.15) is 75.3 Å². The second kappa shape index (κ2) is 11.6. The number of hydrogen-bond acceptors (Lipinski definition) is 4. The molecule has 2 N–H and O–H groups in total. The highest BCUT2D eigenvalue weighted by Crippen LogP contribution is 2.37. The van der Waals surface area contributed by atoms with Gasteiger partial charge in [0, 0.05) is 18.6 Å². The number of rotatable bonds is 9. The van der Waals surface area contributed by atoms with E-state index in [2.05, 4.69) is 53.4 Å². The molecular formula is C30H42N2O2. The summed E-state index contributed by atoms with van der Waals surface area (Å²) in [7, 11) is 0. The number of hydrogen-bond donors (Lipinski definition) is 1. The quantitative estimate of drug-likeness (QED) is 0.474. The Labute approximate surface area is 205 Å². The van der Waals surface area contributed by atoms with Crippen LogP contribution in [0.5, 0.6) is 11.5 Å². The van der Waals surface area contributed by atoms with E-state index < -0.39 is 0 Å². The fraction of sp³-hybridized carbons (Fsp3) is 0.600. The first kappa shape index (κ1) is 23.7. The fourth-order valence-corrected chi connectivity index (χ4v) is 6.44. The molecule has 0 radical (unpaired) electrons. The van der Waals surface area contributed by atoms with Gasteiger partial charge in [-0.1, -0.05) is 36.4 Å². The summed E-state index contributed by atoms with van der Waals surface area (Å²) in [5, 5.41) is 0. The Morgan fingerprint density at radius 1 is 0.765 bits per heavy atom. The number of benzene rings is 2. The van der Waals surface area contributed by atoms with Crippen LogP contribution in [0.15, 0.2) is 48.5 Å². The van der Waals surface area contributed by atoms with Gasteiger partial charge in [-0.15, -0.1) is 0 Å². The molecule has 0 saturated heterocycles. The molecule has 0 bridgehead atoms. The van der Waals surface area contributed by atoms with Crippen LogP contribution in [-0.2, 0) is 13.0 Å². The first-order chi connectivity index (χ1) is 16.7. The number of aryl methyl sites for hydroxylation is 1. The van der Waals surface area contributed by atoms with Crippen molar-refractivity contribution in [1.29, 1.82) is 0 Å². The van der Waals surface area contributed by atoms with Crippen LogP contribution in [-0.4, -0.2) is 30.3 Å². The summed E-state index contributed by atoms with van der Waals surface area (Å²) in [6, 6.07) is 18.6. The zero-order chi connectivity index (χ0) is 23.2. The van der Waals surface area contributed by atoms with E-state index in [1.807, 2.05) is 0 Å². The topological polar surface area (TPSA) is 47.7 Å². The van der Waals surface area contributed by atoms with Crippen LogP contribution >= 0.6 is 0 Å². The molecule has 34 heavy (non-hydrogen) atoms. The minimum absolute atomic E-state index is 0.344. The zero-order valence-corrected chi connectivity index (χ0v) is 20.7. The molecule has 1 aliphatic heterocycles. The molecule has 0 aromatic heterocycles. The predicted molar refractivity (Wildman–Crippen MR) is 138 cm³/mol. The molecule has 184 valence electrons. The molecule has 2 aromatic rings. The lowest BCUT2D eigenvalue weighted by Crippen LogP contribution is -2.39. The van der Waals surface area contributed by atoms with Gasteiger partial charge in [0.05, 0.1) is 0 Å². The van der Waals surface area contributed by atoms with E-state index in [9.17, 15) is 0 Å². The first-order valence-corrected chi connectivity index (χ1v) is 13.6. The molecule has 2 saturated carbocycles. The third-order valence-corrected chi connectivity index (χ3v) is 8.47. The van der Waals surface area contributed by atoms with Crippen LogP contribution in [0, 0.1) is 11.8 Å². The lowest BCUT2D eigenvalue weighted by Gasteiger charge is -2.38. The van der Waals surface area contributed by atoms with Crippen molar-refractivity contribution >= 4 is 0 Å².